The number of amidine groups is 1. The molecule has 29 heavy (non-hydrogen) atoms. The first-order valence-electron chi connectivity index (χ1n) is 10.7. The maximum absolute atomic E-state index is 5.66. The molecule has 0 bridgehead atoms. The van der Waals surface area contributed by atoms with Crippen LogP contribution < -0.4 is 10.9 Å². The number of hydrogen-bond donors (Lipinski definition) is 2. The summed E-state index contributed by atoms with van der Waals surface area (Å²) in [6.45, 7) is 9.43. The molecule has 5 heteroatoms. The Hall–Kier alpha value is -2.24. The van der Waals surface area contributed by atoms with Crippen molar-refractivity contribution in [1.82, 2.24) is 15.8 Å². The molecule has 2 aromatic rings. The van der Waals surface area contributed by atoms with Crippen molar-refractivity contribution in [3.05, 3.63) is 65.0 Å². The zero-order chi connectivity index (χ0) is 20.8. The first kappa shape index (κ1) is 21.5. The van der Waals surface area contributed by atoms with Crippen molar-refractivity contribution in [2.45, 2.75) is 58.6 Å². The van der Waals surface area contributed by atoms with Gasteiger partial charge in [-0.15, -0.1) is 0 Å². The Kier molecular flexibility index (Phi) is 7.40. The molecule has 0 aliphatic carbocycles. The molecule has 1 aliphatic rings. The van der Waals surface area contributed by atoms with E-state index < -0.39 is 0 Å². The molecule has 2 heterocycles. The second-order valence-electron chi connectivity index (χ2n) is 7.89. The molecule has 4 unspecified atom stereocenters. The molecule has 0 fully saturated rings. The van der Waals surface area contributed by atoms with Crippen LogP contribution in [0.4, 0.5) is 0 Å². The van der Waals surface area contributed by atoms with Crippen molar-refractivity contribution in [3.8, 4) is 0 Å². The molecule has 0 radical (unpaired) electrons. The Labute approximate surface area is 175 Å². The zero-order valence-corrected chi connectivity index (χ0v) is 18.3. The number of aliphatic imine (C=N–C) groups is 1. The van der Waals surface area contributed by atoms with Gasteiger partial charge in [0.25, 0.3) is 0 Å². The van der Waals surface area contributed by atoms with Crippen LogP contribution in [0, 0.1) is 12.8 Å². The molecule has 1 aliphatic heterocycles. The third kappa shape index (κ3) is 4.85. The number of methoxy groups -OCH3 is 1. The van der Waals surface area contributed by atoms with Gasteiger partial charge in [-0.3, -0.25) is 9.98 Å². The van der Waals surface area contributed by atoms with Crippen LogP contribution in [-0.2, 0) is 4.74 Å². The summed E-state index contributed by atoms with van der Waals surface area (Å²) in [4.78, 5) is 9.28. The van der Waals surface area contributed by atoms with Gasteiger partial charge in [0.05, 0.1) is 12.1 Å². The van der Waals surface area contributed by atoms with E-state index in [9.17, 15) is 0 Å². The number of nitrogens with zero attached hydrogens (tertiary/aromatic N) is 2. The maximum atomic E-state index is 5.66. The van der Waals surface area contributed by atoms with Gasteiger partial charge in [-0.05, 0) is 43.0 Å². The lowest BCUT2D eigenvalue weighted by molar-refractivity contribution is 0.0507. The fourth-order valence-corrected chi connectivity index (χ4v) is 4.25. The van der Waals surface area contributed by atoms with Crippen molar-refractivity contribution in [1.29, 1.82) is 0 Å². The highest BCUT2D eigenvalue weighted by atomic mass is 16.5. The lowest BCUT2D eigenvalue weighted by Crippen LogP contribution is -2.47. The summed E-state index contributed by atoms with van der Waals surface area (Å²) < 4.78 is 5.66. The Morgan fingerprint density at radius 3 is 2.66 bits per heavy atom. The monoisotopic (exact) mass is 394 g/mol. The van der Waals surface area contributed by atoms with Gasteiger partial charge in [0, 0.05) is 42.9 Å². The number of ether oxygens (including phenoxy) is 1. The number of rotatable bonds is 8. The molecule has 1 aromatic heterocycles. The minimum Gasteiger partial charge on any atom is -0.381 e. The highest BCUT2D eigenvalue weighted by Gasteiger charge is 2.29. The van der Waals surface area contributed by atoms with Crippen LogP contribution in [0.15, 0.2) is 47.6 Å². The topological polar surface area (TPSA) is 58.5 Å². The first-order valence-corrected chi connectivity index (χ1v) is 10.7. The van der Waals surface area contributed by atoms with Crippen LogP contribution in [0.3, 0.4) is 0 Å². The predicted octanol–water partition coefficient (Wildman–Crippen LogP) is 4.54. The second kappa shape index (κ2) is 9.99. The Balaban J connectivity index is 1.85. The number of hydrogen-bond acceptors (Lipinski definition) is 4. The van der Waals surface area contributed by atoms with Crippen LogP contribution in [0.2, 0.25) is 0 Å². The number of aromatic nitrogens is 1. The summed E-state index contributed by atoms with van der Waals surface area (Å²) in [6, 6.07) is 13.0. The van der Waals surface area contributed by atoms with E-state index in [2.05, 4.69) is 73.0 Å². The molecule has 0 saturated carbocycles. The first-order chi connectivity index (χ1) is 14.1. The van der Waals surface area contributed by atoms with Crippen LogP contribution in [0.1, 0.15) is 68.0 Å². The number of aryl methyl sites for hydroxylation is 1. The second-order valence-corrected chi connectivity index (χ2v) is 7.89. The summed E-state index contributed by atoms with van der Waals surface area (Å²) in [5.74, 6) is 1.63. The summed E-state index contributed by atoms with van der Waals surface area (Å²) in [5.41, 5.74) is 11.7. The number of benzene rings is 1. The quantitative estimate of drug-likeness (QED) is 0.690. The lowest BCUT2D eigenvalue weighted by atomic mass is 9.85. The minimum absolute atomic E-state index is 0.163. The van der Waals surface area contributed by atoms with Gasteiger partial charge < -0.3 is 10.2 Å². The SMILES string of the molecule is CCC(CN=C1NNC(C(C)c2ccnc(C)c2)c2ccccc21)C(CC)OC. The molecular weight excluding hydrogens is 360 g/mol. The third-order valence-corrected chi connectivity index (χ3v) is 6.08. The smallest absolute Gasteiger partial charge is 0.143 e. The van der Waals surface area contributed by atoms with Gasteiger partial charge in [0.2, 0.25) is 0 Å². The van der Waals surface area contributed by atoms with Crippen molar-refractivity contribution >= 4 is 5.84 Å². The van der Waals surface area contributed by atoms with E-state index in [0.29, 0.717) is 11.8 Å². The van der Waals surface area contributed by atoms with E-state index in [1.54, 1.807) is 7.11 Å². The van der Waals surface area contributed by atoms with Crippen LogP contribution in [-0.4, -0.2) is 30.6 Å². The molecule has 2 N–H and O–H groups in total. The number of nitrogens with one attached hydrogen (secondary N) is 2. The average molecular weight is 395 g/mol. The standard InChI is InChI=1S/C24H34N4O/c1-6-18(22(7-2)29-5)15-26-24-21-11-9-8-10-20(21)23(27-28-24)17(4)19-12-13-25-16(3)14-19/h8-14,17-18,22-23,27H,6-7,15H2,1-5H3,(H,26,28). The minimum atomic E-state index is 0.163. The summed E-state index contributed by atoms with van der Waals surface area (Å²) in [6.07, 6.45) is 4.20. The number of fused-ring (bicyclic) bond motifs is 1. The highest BCUT2D eigenvalue weighted by molar-refractivity contribution is 6.00. The van der Waals surface area contributed by atoms with E-state index in [4.69, 9.17) is 9.73 Å². The van der Waals surface area contributed by atoms with Crippen LogP contribution in [0.25, 0.3) is 0 Å². The number of hydrazine groups is 1. The van der Waals surface area contributed by atoms with E-state index in [0.717, 1.165) is 30.9 Å². The molecule has 0 saturated heterocycles. The zero-order valence-electron chi connectivity index (χ0n) is 18.3. The summed E-state index contributed by atoms with van der Waals surface area (Å²) >= 11 is 0. The van der Waals surface area contributed by atoms with Crippen molar-refractivity contribution in [2.75, 3.05) is 13.7 Å². The molecule has 4 atom stereocenters. The van der Waals surface area contributed by atoms with Gasteiger partial charge in [0.15, 0.2) is 0 Å². The predicted molar refractivity (Wildman–Crippen MR) is 119 cm³/mol. The Bertz CT molecular complexity index is 831. The Morgan fingerprint density at radius 1 is 1.17 bits per heavy atom. The molecule has 0 amide bonds. The van der Waals surface area contributed by atoms with Gasteiger partial charge in [-0.1, -0.05) is 45.0 Å². The molecule has 1 aromatic carbocycles. The molecule has 3 rings (SSSR count). The largest absolute Gasteiger partial charge is 0.381 e. The van der Waals surface area contributed by atoms with Gasteiger partial charge in [0.1, 0.15) is 5.84 Å². The molecule has 156 valence electrons. The summed E-state index contributed by atoms with van der Waals surface area (Å²) in [7, 11) is 1.80. The normalized spacial score (nSPS) is 20.6. The molecule has 5 nitrogen and oxygen atoms in total. The van der Waals surface area contributed by atoms with E-state index in [1.165, 1.54) is 16.7 Å². The lowest BCUT2D eigenvalue weighted by Gasteiger charge is -2.33. The van der Waals surface area contributed by atoms with Crippen molar-refractivity contribution in [2.24, 2.45) is 10.9 Å². The van der Waals surface area contributed by atoms with E-state index in [-0.39, 0.29) is 12.1 Å². The van der Waals surface area contributed by atoms with Gasteiger partial charge in [-0.2, -0.15) is 0 Å². The Morgan fingerprint density at radius 2 is 1.97 bits per heavy atom. The van der Waals surface area contributed by atoms with Crippen LogP contribution >= 0.6 is 0 Å². The molecule has 0 spiro atoms. The van der Waals surface area contributed by atoms with Crippen molar-refractivity contribution < 1.29 is 4.74 Å². The van der Waals surface area contributed by atoms with E-state index >= 15 is 0 Å². The average Bonchev–Trinajstić information content (AvgIpc) is 2.76. The van der Waals surface area contributed by atoms with Gasteiger partial charge >= 0.3 is 0 Å². The third-order valence-electron chi connectivity index (χ3n) is 6.08. The van der Waals surface area contributed by atoms with Gasteiger partial charge in [-0.25, -0.2) is 5.43 Å². The number of pyridine rings is 1. The molecular formula is C24H34N4O. The summed E-state index contributed by atoms with van der Waals surface area (Å²) in [5, 5.41) is 0. The maximum Gasteiger partial charge on any atom is 0.143 e. The van der Waals surface area contributed by atoms with Crippen molar-refractivity contribution in [3.63, 3.8) is 0 Å². The fraction of sp³-hybridized carbons (Fsp3) is 0.500. The fourth-order valence-electron chi connectivity index (χ4n) is 4.25. The van der Waals surface area contributed by atoms with E-state index in [1.807, 2.05) is 13.1 Å². The van der Waals surface area contributed by atoms with Crippen LogP contribution in [0.5, 0.6) is 0 Å². The highest BCUT2D eigenvalue weighted by Crippen LogP contribution is 2.34.